The number of carbonyl (C=O) groups is 1. The highest BCUT2D eigenvalue weighted by molar-refractivity contribution is 7.71. The number of aromatic amines is 1. The van der Waals surface area contributed by atoms with Crippen molar-refractivity contribution in [3.63, 3.8) is 0 Å². The van der Waals surface area contributed by atoms with Gasteiger partial charge in [-0.15, -0.1) is 0 Å². The zero-order valence-electron chi connectivity index (χ0n) is 11.5. The van der Waals surface area contributed by atoms with Crippen LogP contribution in [0.1, 0.15) is 6.42 Å². The number of aryl methyl sites for hydroxylation is 1. The first-order valence-electron chi connectivity index (χ1n) is 6.89. The largest absolute Gasteiger partial charge is 0.378 e. The number of halogens is 1. The monoisotopic (exact) mass is 325 g/mol. The highest BCUT2D eigenvalue weighted by Crippen LogP contribution is 2.19. The summed E-state index contributed by atoms with van der Waals surface area (Å²) in [6.45, 7) is 3.16. The van der Waals surface area contributed by atoms with Gasteiger partial charge in [0.15, 0.2) is 4.77 Å². The molecule has 5 nitrogen and oxygen atoms in total. The number of rotatable bonds is 3. The van der Waals surface area contributed by atoms with Gasteiger partial charge < -0.3 is 19.2 Å². The summed E-state index contributed by atoms with van der Waals surface area (Å²) < 4.78 is 7.81. The number of benzene rings is 1. The second-order valence-electron chi connectivity index (χ2n) is 4.99. The van der Waals surface area contributed by atoms with Crippen LogP contribution in [0.2, 0.25) is 5.02 Å². The van der Waals surface area contributed by atoms with Crippen molar-refractivity contribution >= 4 is 40.8 Å². The van der Waals surface area contributed by atoms with E-state index in [-0.39, 0.29) is 5.91 Å². The molecule has 1 N–H and O–H groups in total. The normalized spacial score (nSPS) is 15.6. The Morgan fingerprint density at radius 1 is 1.38 bits per heavy atom. The van der Waals surface area contributed by atoms with Crippen LogP contribution in [0.4, 0.5) is 0 Å². The van der Waals surface area contributed by atoms with Gasteiger partial charge in [0.1, 0.15) is 0 Å². The van der Waals surface area contributed by atoms with E-state index < -0.39 is 0 Å². The molecule has 112 valence electrons. The molecule has 2 heterocycles. The molecule has 1 aliphatic rings. The number of morpholine rings is 1. The van der Waals surface area contributed by atoms with Gasteiger partial charge in [-0.05, 0) is 30.4 Å². The number of ether oxygens (including phenoxy) is 1. The molecule has 0 unspecified atom stereocenters. The average molecular weight is 326 g/mol. The maximum absolute atomic E-state index is 12.2. The van der Waals surface area contributed by atoms with Gasteiger partial charge in [-0.1, -0.05) is 11.6 Å². The third-order valence-corrected chi connectivity index (χ3v) is 4.21. The molecule has 1 saturated heterocycles. The molecule has 1 aromatic carbocycles. The van der Waals surface area contributed by atoms with Gasteiger partial charge in [-0.2, -0.15) is 0 Å². The number of nitrogens with one attached hydrogen (secondary N) is 1. The molecule has 1 aromatic heterocycles. The van der Waals surface area contributed by atoms with E-state index in [4.69, 9.17) is 28.6 Å². The van der Waals surface area contributed by atoms with Crippen molar-refractivity contribution < 1.29 is 9.53 Å². The van der Waals surface area contributed by atoms with E-state index in [0.29, 0.717) is 49.1 Å². The van der Waals surface area contributed by atoms with Crippen LogP contribution in [0.25, 0.3) is 11.0 Å². The Labute approximate surface area is 132 Å². The van der Waals surface area contributed by atoms with Crippen LogP contribution in [0.15, 0.2) is 18.2 Å². The Morgan fingerprint density at radius 3 is 2.90 bits per heavy atom. The summed E-state index contributed by atoms with van der Waals surface area (Å²) in [5.74, 6) is 0.142. The minimum Gasteiger partial charge on any atom is -0.378 e. The Bertz CT molecular complexity index is 719. The fraction of sp³-hybridized carbons (Fsp3) is 0.429. The van der Waals surface area contributed by atoms with Crippen molar-refractivity contribution in [1.29, 1.82) is 0 Å². The second-order valence-corrected chi connectivity index (χ2v) is 5.81. The first-order chi connectivity index (χ1) is 10.1. The van der Waals surface area contributed by atoms with E-state index in [1.807, 2.05) is 27.7 Å². The van der Waals surface area contributed by atoms with E-state index in [0.717, 1.165) is 11.0 Å². The zero-order chi connectivity index (χ0) is 14.8. The lowest BCUT2D eigenvalue weighted by Gasteiger charge is -2.26. The van der Waals surface area contributed by atoms with Crippen molar-refractivity contribution in [2.75, 3.05) is 26.3 Å². The zero-order valence-corrected chi connectivity index (χ0v) is 13.0. The number of aromatic nitrogens is 2. The molecular weight excluding hydrogens is 310 g/mol. The number of nitrogens with zero attached hydrogens (tertiary/aromatic N) is 2. The number of hydrogen-bond acceptors (Lipinski definition) is 3. The van der Waals surface area contributed by atoms with Gasteiger partial charge in [0.2, 0.25) is 5.91 Å². The number of H-pyrrole nitrogens is 1. The van der Waals surface area contributed by atoms with Crippen molar-refractivity contribution in [3.05, 3.63) is 28.0 Å². The van der Waals surface area contributed by atoms with E-state index >= 15 is 0 Å². The molecule has 0 radical (unpaired) electrons. The molecular formula is C14H16ClN3O2S. The van der Waals surface area contributed by atoms with Crippen LogP contribution < -0.4 is 0 Å². The summed E-state index contributed by atoms with van der Waals surface area (Å²) in [4.78, 5) is 17.2. The number of carbonyl (C=O) groups excluding carboxylic acids is 1. The highest BCUT2D eigenvalue weighted by atomic mass is 35.5. The Kier molecular flexibility index (Phi) is 4.28. The Morgan fingerprint density at radius 2 is 2.14 bits per heavy atom. The summed E-state index contributed by atoms with van der Waals surface area (Å²) in [7, 11) is 0. The minimum atomic E-state index is 0.142. The average Bonchev–Trinajstić information content (AvgIpc) is 2.80. The topological polar surface area (TPSA) is 50.3 Å². The fourth-order valence-electron chi connectivity index (χ4n) is 2.54. The first kappa shape index (κ1) is 14.6. The van der Waals surface area contributed by atoms with Crippen LogP contribution in [0.3, 0.4) is 0 Å². The van der Waals surface area contributed by atoms with E-state index in [1.165, 1.54) is 0 Å². The standard InChI is InChI=1S/C14H16ClN3O2S/c15-10-1-2-12-11(9-10)16-14(21)18(12)4-3-13(19)17-5-7-20-8-6-17/h1-2,9H,3-8H2,(H,16,21). The molecule has 1 amide bonds. The lowest BCUT2D eigenvalue weighted by atomic mass is 10.3. The predicted octanol–water partition coefficient (Wildman–Crippen LogP) is 2.60. The van der Waals surface area contributed by atoms with Gasteiger partial charge >= 0.3 is 0 Å². The quantitative estimate of drug-likeness (QED) is 0.883. The summed E-state index contributed by atoms with van der Waals surface area (Å²) >= 11 is 11.3. The van der Waals surface area contributed by atoms with Crippen LogP contribution in [0, 0.1) is 4.77 Å². The third kappa shape index (κ3) is 3.12. The maximum atomic E-state index is 12.2. The summed E-state index contributed by atoms with van der Waals surface area (Å²) in [5, 5.41) is 0.662. The molecule has 3 rings (SSSR count). The van der Waals surface area contributed by atoms with E-state index in [9.17, 15) is 4.79 Å². The third-order valence-electron chi connectivity index (χ3n) is 3.65. The van der Waals surface area contributed by atoms with Gasteiger partial charge in [0.05, 0.1) is 24.2 Å². The summed E-state index contributed by atoms with van der Waals surface area (Å²) in [5.41, 5.74) is 1.87. The van der Waals surface area contributed by atoms with Crippen molar-refractivity contribution in [2.24, 2.45) is 0 Å². The lowest BCUT2D eigenvalue weighted by molar-refractivity contribution is -0.135. The smallest absolute Gasteiger partial charge is 0.224 e. The van der Waals surface area contributed by atoms with Crippen molar-refractivity contribution in [2.45, 2.75) is 13.0 Å². The lowest BCUT2D eigenvalue weighted by Crippen LogP contribution is -2.40. The van der Waals surface area contributed by atoms with Gasteiger partial charge in [-0.3, -0.25) is 4.79 Å². The summed E-state index contributed by atoms with van der Waals surface area (Å²) in [6.07, 6.45) is 0.434. The molecule has 0 saturated carbocycles. The first-order valence-corrected chi connectivity index (χ1v) is 7.67. The van der Waals surface area contributed by atoms with E-state index in [1.54, 1.807) is 0 Å². The van der Waals surface area contributed by atoms with Crippen molar-refractivity contribution in [3.8, 4) is 0 Å². The summed E-state index contributed by atoms with van der Waals surface area (Å²) in [6, 6.07) is 5.59. The molecule has 1 fully saturated rings. The molecule has 1 aliphatic heterocycles. The SMILES string of the molecule is O=C(CCn1c(=S)[nH]c2cc(Cl)ccc21)N1CCOCC1. The minimum absolute atomic E-state index is 0.142. The Balaban J connectivity index is 1.74. The van der Waals surface area contributed by atoms with Crippen LogP contribution in [-0.4, -0.2) is 46.7 Å². The Hall–Kier alpha value is -1.37. The number of fused-ring (bicyclic) bond motifs is 1. The molecule has 21 heavy (non-hydrogen) atoms. The number of amides is 1. The van der Waals surface area contributed by atoms with Crippen molar-refractivity contribution in [1.82, 2.24) is 14.5 Å². The van der Waals surface area contributed by atoms with E-state index in [2.05, 4.69) is 4.98 Å². The highest BCUT2D eigenvalue weighted by Gasteiger charge is 2.17. The molecule has 0 aliphatic carbocycles. The maximum Gasteiger partial charge on any atom is 0.224 e. The fourth-order valence-corrected chi connectivity index (χ4v) is 3.01. The van der Waals surface area contributed by atoms with Gasteiger partial charge in [0.25, 0.3) is 0 Å². The predicted molar refractivity (Wildman–Crippen MR) is 84.1 cm³/mol. The van der Waals surface area contributed by atoms with Gasteiger partial charge in [-0.25, -0.2) is 0 Å². The molecule has 0 atom stereocenters. The molecule has 0 spiro atoms. The number of imidazole rings is 1. The van der Waals surface area contributed by atoms with Gasteiger partial charge in [0, 0.05) is 31.1 Å². The van der Waals surface area contributed by atoms with Crippen LogP contribution in [-0.2, 0) is 16.1 Å². The molecule has 0 bridgehead atoms. The molecule has 2 aromatic rings. The number of hydrogen-bond donors (Lipinski definition) is 1. The second kappa shape index (κ2) is 6.17. The molecule has 7 heteroatoms. The van der Waals surface area contributed by atoms with Crippen LogP contribution in [0.5, 0.6) is 0 Å². The van der Waals surface area contributed by atoms with Crippen LogP contribution >= 0.6 is 23.8 Å².